The molecule has 0 spiro atoms. The number of benzene rings is 2. The summed E-state index contributed by atoms with van der Waals surface area (Å²) in [6.45, 7) is 2.49. The second-order valence-electron chi connectivity index (χ2n) is 6.12. The van der Waals surface area contributed by atoms with Crippen LogP contribution >= 0.6 is 0 Å². The van der Waals surface area contributed by atoms with E-state index in [4.69, 9.17) is 11.2 Å². The molecule has 136 valence electrons. The first-order chi connectivity index (χ1) is 13.1. The minimum atomic E-state index is -0.179. The molecule has 2 aromatic carbocycles. The number of amides is 1. The van der Waals surface area contributed by atoms with Crippen LogP contribution in [0.4, 0.5) is 0 Å². The number of rotatable bonds is 6. The highest BCUT2D eigenvalue weighted by Gasteiger charge is 2.11. The maximum atomic E-state index is 12.1. The van der Waals surface area contributed by atoms with E-state index in [1.54, 1.807) is 13.3 Å². The number of hydrazone groups is 1. The Morgan fingerprint density at radius 2 is 2.00 bits per heavy atom. The molecule has 3 aromatic rings. The Kier molecular flexibility index (Phi) is 5.58. The van der Waals surface area contributed by atoms with E-state index in [9.17, 15) is 4.79 Å². The third-order valence-corrected chi connectivity index (χ3v) is 4.44. The summed E-state index contributed by atoms with van der Waals surface area (Å²) in [6.07, 6.45) is 7.42. The second kappa shape index (κ2) is 8.24. The fourth-order valence-electron chi connectivity index (χ4n) is 3.05. The molecule has 0 aliphatic rings. The quantitative estimate of drug-likeness (QED) is 0.417. The maximum Gasteiger partial charge on any atom is 0.244 e. The van der Waals surface area contributed by atoms with Gasteiger partial charge in [-0.15, -0.1) is 6.42 Å². The molecule has 1 amide bonds. The van der Waals surface area contributed by atoms with Gasteiger partial charge in [-0.25, -0.2) is 5.43 Å². The molecule has 3 rings (SSSR count). The van der Waals surface area contributed by atoms with Crippen molar-refractivity contribution in [1.29, 1.82) is 0 Å². The van der Waals surface area contributed by atoms with Gasteiger partial charge in [0.1, 0.15) is 5.75 Å². The third-order valence-electron chi connectivity index (χ3n) is 4.44. The first-order valence-electron chi connectivity index (χ1n) is 8.60. The van der Waals surface area contributed by atoms with E-state index < -0.39 is 0 Å². The Morgan fingerprint density at radius 1 is 1.26 bits per heavy atom. The Hall–Kier alpha value is -3.52. The molecule has 0 fully saturated rings. The van der Waals surface area contributed by atoms with Gasteiger partial charge in [-0.3, -0.25) is 4.79 Å². The molecule has 27 heavy (non-hydrogen) atoms. The molecule has 0 atom stereocenters. The zero-order valence-electron chi connectivity index (χ0n) is 15.4. The van der Waals surface area contributed by atoms with Crippen LogP contribution < -0.4 is 10.2 Å². The predicted octanol–water partition coefficient (Wildman–Crippen LogP) is 3.28. The molecule has 0 saturated carbocycles. The lowest BCUT2D eigenvalue weighted by Gasteiger charge is -2.03. The molecule has 0 aliphatic carbocycles. The van der Waals surface area contributed by atoms with Crippen molar-refractivity contribution < 1.29 is 9.53 Å². The van der Waals surface area contributed by atoms with Crippen molar-refractivity contribution in [1.82, 2.24) is 9.99 Å². The van der Waals surface area contributed by atoms with Crippen molar-refractivity contribution >= 4 is 23.0 Å². The number of hydrogen-bond donors (Lipinski definition) is 1. The molecular weight excluding hydrogens is 338 g/mol. The Labute approximate surface area is 158 Å². The number of carbonyl (C=O) groups excluding carboxylic acids is 1. The summed E-state index contributed by atoms with van der Waals surface area (Å²) in [4.78, 5) is 12.1. The van der Waals surface area contributed by atoms with Gasteiger partial charge in [0.15, 0.2) is 0 Å². The number of terminal acetylenes is 1. The smallest absolute Gasteiger partial charge is 0.244 e. The average Bonchev–Trinajstić information content (AvgIpc) is 2.95. The normalized spacial score (nSPS) is 10.9. The van der Waals surface area contributed by atoms with E-state index in [-0.39, 0.29) is 12.3 Å². The van der Waals surface area contributed by atoms with Crippen LogP contribution in [0, 0.1) is 19.3 Å². The van der Waals surface area contributed by atoms with E-state index in [1.807, 2.05) is 55.5 Å². The van der Waals surface area contributed by atoms with Crippen molar-refractivity contribution in [3.8, 4) is 18.1 Å². The van der Waals surface area contributed by atoms with Crippen molar-refractivity contribution in [3.63, 3.8) is 0 Å². The van der Waals surface area contributed by atoms with Crippen LogP contribution in [0.2, 0.25) is 0 Å². The van der Waals surface area contributed by atoms with Crippen LogP contribution in [-0.4, -0.2) is 23.8 Å². The molecule has 0 unspecified atom stereocenters. The molecule has 0 bridgehead atoms. The number of methoxy groups -OCH3 is 1. The highest BCUT2D eigenvalue weighted by Crippen LogP contribution is 2.24. The largest absolute Gasteiger partial charge is 0.497 e. The minimum Gasteiger partial charge on any atom is -0.497 e. The summed E-state index contributed by atoms with van der Waals surface area (Å²) < 4.78 is 7.18. The first-order valence-corrected chi connectivity index (χ1v) is 8.60. The van der Waals surface area contributed by atoms with Crippen LogP contribution in [-0.2, 0) is 17.8 Å². The number of nitrogens with zero attached hydrogens (tertiary/aromatic N) is 2. The summed E-state index contributed by atoms with van der Waals surface area (Å²) in [7, 11) is 1.61. The number of fused-ring (bicyclic) bond motifs is 1. The van der Waals surface area contributed by atoms with E-state index in [1.165, 1.54) is 0 Å². The molecule has 1 aromatic heterocycles. The number of para-hydroxylation sites is 1. The average molecular weight is 359 g/mol. The number of ether oxygens (including phenoxy) is 1. The van der Waals surface area contributed by atoms with Crippen LogP contribution in [0.5, 0.6) is 5.75 Å². The van der Waals surface area contributed by atoms with Crippen LogP contribution in [0.1, 0.15) is 16.8 Å². The number of hydrogen-bond acceptors (Lipinski definition) is 3. The monoisotopic (exact) mass is 359 g/mol. The van der Waals surface area contributed by atoms with Gasteiger partial charge in [0.2, 0.25) is 5.91 Å². The molecule has 5 heteroatoms. The predicted molar refractivity (Wildman–Crippen MR) is 108 cm³/mol. The zero-order valence-corrected chi connectivity index (χ0v) is 15.4. The fourth-order valence-corrected chi connectivity index (χ4v) is 3.05. The van der Waals surface area contributed by atoms with Gasteiger partial charge in [0.05, 0.1) is 26.3 Å². The summed E-state index contributed by atoms with van der Waals surface area (Å²) in [6, 6.07) is 15.4. The van der Waals surface area contributed by atoms with Gasteiger partial charge in [-0.1, -0.05) is 36.3 Å². The van der Waals surface area contributed by atoms with Gasteiger partial charge < -0.3 is 9.30 Å². The minimum absolute atomic E-state index is 0.179. The van der Waals surface area contributed by atoms with Crippen molar-refractivity contribution in [2.24, 2.45) is 5.10 Å². The first kappa shape index (κ1) is 18.3. The number of nitrogens with one attached hydrogen (secondary N) is 1. The molecule has 0 saturated heterocycles. The van der Waals surface area contributed by atoms with Gasteiger partial charge in [0, 0.05) is 22.2 Å². The van der Waals surface area contributed by atoms with Crippen molar-refractivity contribution in [2.45, 2.75) is 19.9 Å². The van der Waals surface area contributed by atoms with Crippen LogP contribution in [0.15, 0.2) is 53.6 Å². The van der Waals surface area contributed by atoms with Crippen LogP contribution in [0.25, 0.3) is 10.9 Å². The van der Waals surface area contributed by atoms with Crippen molar-refractivity contribution in [3.05, 3.63) is 65.4 Å². The molecular formula is C22H21N3O2. The van der Waals surface area contributed by atoms with Gasteiger partial charge in [0.25, 0.3) is 0 Å². The Morgan fingerprint density at radius 3 is 2.70 bits per heavy atom. The van der Waals surface area contributed by atoms with E-state index in [0.29, 0.717) is 6.54 Å². The molecule has 0 aliphatic heterocycles. The Balaban J connectivity index is 1.73. The standard InChI is InChI=1S/C22H21N3O2/c1-4-13-25-16(2)20(19-7-5-6-8-21(19)25)15-23-24-22(26)14-17-9-11-18(27-3)12-10-17/h1,5-12,15H,13-14H2,2-3H3,(H,24,26)/b23-15-. The second-order valence-corrected chi connectivity index (χ2v) is 6.12. The molecule has 1 heterocycles. The van der Waals surface area contributed by atoms with Gasteiger partial charge in [-0.2, -0.15) is 5.10 Å². The molecule has 5 nitrogen and oxygen atoms in total. The molecule has 1 N–H and O–H groups in total. The van der Waals surface area contributed by atoms with E-state index in [2.05, 4.69) is 21.0 Å². The summed E-state index contributed by atoms with van der Waals surface area (Å²) in [5.74, 6) is 3.26. The highest BCUT2D eigenvalue weighted by atomic mass is 16.5. The number of aromatic nitrogens is 1. The van der Waals surface area contributed by atoms with Crippen LogP contribution in [0.3, 0.4) is 0 Å². The van der Waals surface area contributed by atoms with Gasteiger partial charge in [-0.05, 0) is 30.7 Å². The summed E-state index contributed by atoms with van der Waals surface area (Å²) in [5.41, 5.74) is 6.51. The highest BCUT2D eigenvalue weighted by molar-refractivity contribution is 6.01. The topological polar surface area (TPSA) is 55.6 Å². The zero-order chi connectivity index (χ0) is 19.2. The number of carbonyl (C=O) groups is 1. The van der Waals surface area contributed by atoms with Crippen molar-refractivity contribution in [2.75, 3.05) is 7.11 Å². The van der Waals surface area contributed by atoms with E-state index >= 15 is 0 Å². The molecule has 0 radical (unpaired) electrons. The fraction of sp³-hybridized carbons (Fsp3) is 0.182. The lowest BCUT2D eigenvalue weighted by molar-refractivity contribution is -0.120. The lowest BCUT2D eigenvalue weighted by atomic mass is 10.1. The SMILES string of the molecule is C#CCn1c(C)c(/C=N\NC(=O)Cc2ccc(OC)cc2)c2ccccc21. The Bertz CT molecular complexity index is 1020. The van der Waals surface area contributed by atoms with Gasteiger partial charge >= 0.3 is 0 Å². The van der Waals surface area contributed by atoms with E-state index in [0.717, 1.165) is 33.5 Å². The third kappa shape index (κ3) is 4.01. The lowest BCUT2D eigenvalue weighted by Crippen LogP contribution is -2.19. The summed E-state index contributed by atoms with van der Waals surface area (Å²) in [5, 5.41) is 5.20. The summed E-state index contributed by atoms with van der Waals surface area (Å²) >= 11 is 0. The maximum absolute atomic E-state index is 12.1.